The van der Waals surface area contributed by atoms with E-state index in [-0.39, 0.29) is 11.3 Å². The number of carbonyl (C=O) groups excluding carboxylic acids is 1. The van der Waals surface area contributed by atoms with Gasteiger partial charge in [-0.15, -0.1) is 0 Å². The molecule has 100 valence electrons. The van der Waals surface area contributed by atoms with Crippen LogP contribution >= 0.6 is 0 Å². The van der Waals surface area contributed by atoms with Crippen LogP contribution in [0.15, 0.2) is 0 Å². The van der Waals surface area contributed by atoms with Crippen molar-refractivity contribution in [1.29, 1.82) is 0 Å². The zero-order chi connectivity index (χ0) is 13.1. The van der Waals surface area contributed by atoms with Crippen LogP contribution in [0, 0.1) is 23.2 Å². The van der Waals surface area contributed by atoms with Crippen molar-refractivity contribution in [2.75, 3.05) is 13.1 Å². The second-order valence-electron chi connectivity index (χ2n) is 6.37. The molecule has 1 fully saturated rings. The first-order valence-corrected chi connectivity index (χ1v) is 6.86. The van der Waals surface area contributed by atoms with Gasteiger partial charge in [-0.3, -0.25) is 4.79 Å². The van der Waals surface area contributed by atoms with Crippen LogP contribution in [-0.2, 0) is 4.79 Å². The lowest BCUT2D eigenvalue weighted by Crippen LogP contribution is -2.42. The number of hydrogen-bond acceptors (Lipinski definition) is 2. The largest absolute Gasteiger partial charge is 0.355 e. The van der Waals surface area contributed by atoms with Crippen LogP contribution in [0.1, 0.15) is 47.0 Å². The highest BCUT2D eigenvalue weighted by Gasteiger charge is 2.32. The first-order chi connectivity index (χ1) is 7.87. The van der Waals surface area contributed by atoms with E-state index in [1.54, 1.807) is 0 Å². The molecule has 0 saturated heterocycles. The Labute approximate surface area is 106 Å². The van der Waals surface area contributed by atoms with Crippen LogP contribution in [0.2, 0.25) is 0 Å². The molecule has 3 N–H and O–H groups in total. The zero-order valence-corrected chi connectivity index (χ0v) is 11.8. The lowest BCUT2D eigenvalue weighted by atomic mass is 9.80. The van der Waals surface area contributed by atoms with Crippen molar-refractivity contribution in [3.8, 4) is 0 Å². The first-order valence-electron chi connectivity index (χ1n) is 6.86. The molecular weight excluding hydrogens is 212 g/mol. The molecule has 0 radical (unpaired) electrons. The number of hydrogen-bond donors (Lipinski definition) is 2. The summed E-state index contributed by atoms with van der Waals surface area (Å²) in [4.78, 5) is 12.1. The summed E-state index contributed by atoms with van der Waals surface area (Å²) < 4.78 is 0. The summed E-state index contributed by atoms with van der Waals surface area (Å²) in [5.41, 5.74) is 5.40. The predicted octanol–water partition coefficient (Wildman–Crippen LogP) is 2.16. The number of amides is 1. The Morgan fingerprint density at radius 3 is 2.41 bits per heavy atom. The predicted molar refractivity (Wildman–Crippen MR) is 71.5 cm³/mol. The van der Waals surface area contributed by atoms with Gasteiger partial charge in [0.05, 0.1) is 0 Å². The van der Waals surface area contributed by atoms with E-state index in [0.29, 0.717) is 17.8 Å². The summed E-state index contributed by atoms with van der Waals surface area (Å²) in [7, 11) is 0. The number of nitrogens with one attached hydrogen (secondary N) is 1. The monoisotopic (exact) mass is 240 g/mol. The van der Waals surface area contributed by atoms with E-state index in [9.17, 15) is 4.79 Å². The minimum atomic E-state index is -0.272. The van der Waals surface area contributed by atoms with Crippen LogP contribution in [0.5, 0.6) is 0 Å². The van der Waals surface area contributed by atoms with Crippen LogP contribution in [0.25, 0.3) is 0 Å². The molecule has 17 heavy (non-hydrogen) atoms. The smallest absolute Gasteiger partial charge is 0.225 e. The fourth-order valence-electron chi connectivity index (χ4n) is 2.31. The van der Waals surface area contributed by atoms with Gasteiger partial charge in [-0.25, -0.2) is 0 Å². The van der Waals surface area contributed by atoms with E-state index < -0.39 is 0 Å². The summed E-state index contributed by atoms with van der Waals surface area (Å²) >= 11 is 0. The third-order valence-electron chi connectivity index (χ3n) is 4.56. The SMILES string of the molecule is CC(C)C(C)(C)C(=O)NC[C@H]1CC[C@@H](CN)C1. The number of nitrogens with two attached hydrogens (primary N) is 1. The highest BCUT2D eigenvalue weighted by Crippen LogP contribution is 2.30. The molecule has 0 aromatic carbocycles. The molecule has 0 unspecified atom stereocenters. The van der Waals surface area contributed by atoms with Gasteiger partial charge >= 0.3 is 0 Å². The second-order valence-corrected chi connectivity index (χ2v) is 6.37. The maximum atomic E-state index is 12.1. The van der Waals surface area contributed by atoms with Gasteiger partial charge in [0.25, 0.3) is 0 Å². The summed E-state index contributed by atoms with van der Waals surface area (Å²) in [6.07, 6.45) is 3.62. The van der Waals surface area contributed by atoms with Gasteiger partial charge < -0.3 is 11.1 Å². The average Bonchev–Trinajstić information content (AvgIpc) is 2.73. The quantitative estimate of drug-likeness (QED) is 0.773. The van der Waals surface area contributed by atoms with Crippen molar-refractivity contribution in [3.63, 3.8) is 0 Å². The fourth-order valence-corrected chi connectivity index (χ4v) is 2.31. The van der Waals surface area contributed by atoms with Gasteiger partial charge in [0, 0.05) is 12.0 Å². The maximum absolute atomic E-state index is 12.1. The van der Waals surface area contributed by atoms with Crippen molar-refractivity contribution in [2.45, 2.75) is 47.0 Å². The Morgan fingerprint density at radius 1 is 1.35 bits per heavy atom. The van der Waals surface area contributed by atoms with Crippen molar-refractivity contribution >= 4 is 5.91 Å². The van der Waals surface area contributed by atoms with E-state index in [2.05, 4.69) is 19.2 Å². The summed E-state index contributed by atoms with van der Waals surface area (Å²) in [6.45, 7) is 9.85. The van der Waals surface area contributed by atoms with Gasteiger partial charge in [0.1, 0.15) is 0 Å². The van der Waals surface area contributed by atoms with Crippen molar-refractivity contribution < 1.29 is 4.79 Å². The molecule has 3 nitrogen and oxygen atoms in total. The Morgan fingerprint density at radius 2 is 1.94 bits per heavy atom. The summed E-state index contributed by atoms with van der Waals surface area (Å²) in [6, 6.07) is 0. The summed E-state index contributed by atoms with van der Waals surface area (Å²) in [5, 5.41) is 3.11. The van der Waals surface area contributed by atoms with Crippen molar-refractivity contribution in [1.82, 2.24) is 5.32 Å². The van der Waals surface area contributed by atoms with E-state index in [4.69, 9.17) is 5.73 Å². The standard InChI is InChI=1S/C14H28N2O/c1-10(2)14(3,4)13(17)16-9-12-6-5-11(7-12)8-15/h10-12H,5-9,15H2,1-4H3,(H,16,17)/t11-,12+/m1/s1. The minimum Gasteiger partial charge on any atom is -0.355 e. The van der Waals surface area contributed by atoms with Crippen LogP contribution < -0.4 is 11.1 Å². The third-order valence-corrected chi connectivity index (χ3v) is 4.56. The molecule has 1 saturated carbocycles. The van der Waals surface area contributed by atoms with Crippen LogP contribution in [-0.4, -0.2) is 19.0 Å². The van der Waals surface area contributed by atoms with Gasteiger partial charge in [-0.05, 0) is 43.6 Å². The molecule has 0 aromatic rings. The molecule has 1 rings (SSSR count). The minimum absolute atomic E-state index is 0.184. The highest BCUT2D eigenvalue weighted by molar-refractivity contribution is 5.82. The molecule has 0 aromatic heterocycles. The molecule has 2 atom stereocenters. The molecule has 0 aliphatic heterocycles. The topological polar surface area (TPSA) is 55.1 Å². The maximum Gasteiger partial charge on any atom is 0.225 e. The Kier molecular flexibility index (Phi) is 4.99. The normalized spacial score (nSPS) is 25.3. The van der Waals surface area contributed by atoms with Crippen molar-refractivity contribution in [3.05, 3.63) is 0 Å². The molecule has 1 aliphatic rings. The fraction of sp³-hybridized carbons (Fsp3) is 0.929. The van der Waals surface area contributed by atoms with Gasteiger partial charge in [0.15, 0.2) is 0 Å². The van der Waals surface area contributed by atoms with Crippen LogP contribution in [0.4, 0.5) is 0 Å². The number of rotatable bonds is 5. The third kappa shape index (κ3) is 3.70. The molecule has 3 heteroatoms. The summed E-state index contributed by atoms with van der Waals surface area (Å²) in [5.74, 6) is 1.86. The number of carbonyl (C=O) groups is 1. The lowest BCUT2D eigenvalue weighted by Gasteiger charge is -2.28. The van der Waals surface area contributed by atoms with Gasteiger partial charge in [-0.2, -0.15) is 0 Å². The lowest BCUT2D eigenvalue weighted by molar-refractivity contribution is -0.131. The average molecular weight is 240 g/mol. The van der Waals surface area contributed by atoms with Crippen LogP contribution in [0.3, 0.4) is 0 Å². The first kappa shape index (κ1) is 14.5. The van der Waals surface area contributed by atoms with E-state index in [0.717, 1.165) is 13.1 Å². The molecule has 1 aliphatic carbocycles. The molecule has 1 amide bonds. The molecule has 0 heterocycles. The molecule has 0 bridgehead atoms. The highest BCUT2D eigenvalue weighted by atomic mass is 16.2. The van der Waals surface area contributed by atoms with Gasteiger partial charge in [0.2, 0.25) is 5.91 Å². The molecular formula is C14H28N2O. The van der Waals surface area contributed by atoms with E-state index >= 15 is 0 Å². The van der Waals surface area contributed by atoms with E-state index in [1.807, 2.05) is 13.8 Å². The van der Waals surface area contributed by atoms with Crippen molar-refractivity contribution in [2.24, 2.45) is 28.9 Å². The van der Waals surface area contributed by atoms with E-state index in [1.165, 1.54) is 19.3 Å². The van der Waals surface area contributed by atoms with Gasteiger partial charge in [-0.1, -0.05) is 27.7 Å². The Balaban J connectivity index is 2.34. The second kappa shape index (κ2) is 5.85. The Bertz CT molecular complexity index is 261. The molecule has 0 spiro atoms. The zero-order valence-electron chi connectivity index (χ0n) is 11.8. The Hall–Kier alpha value is -0.570.